The third kappa shape index (κ3) is 19.3. The van der Waals surface area contributed by atoms with Crippen LogP contribution >= 0.6 is 0 Å². The van der Waals surface area contributed by atoms with Gasteiger partial charge in [0.1, 0.15) is 5.75 Å². The molecule has 0 atom stereocenters. The summed E-state index contributed by atoms with van der Waals surface area (Å²) in [5, 5.41) is 0. The summed E-state index contributed by atoms with van der Waals surface area (Å²) in [6.07, 6.45) is 23.5. The smallest absolute Gasteiger partial charge is 0.309 e. The van der Waals surface area contributed by atoms with Crippen LogP contribution in [0.2, 0.25) is 0 Å². The van der Waals surface area contributed by atoms with E-state index in [1.807, 2.05) is 6.07 Å². The van der Waals surface area contributed by atoms with Gasteiger partial charge in [0, 0.05) is 0 Å². The molecule has 0 radical (unpaired) electrons. The number of para-hydroxylation sites is 1. The van der Waals surface area contributed by atoms with Gasteiger partial charge in [-0.2, -0.15) is 8.42 Å². The van der Waals surface area contributed by atoms with Gasteiger partial charge in [-0.1, -0.05) is 134 Å². The second-order valence-corrected chi connectivity index (χ2v) is 10.4. The Bertz CT molecular complexity index is 590. The molecule has 182 valence electrons. The fraction of sp³-hybridized carbons (Fsp3) is 0.769. The Hall–Kier alpha value is -1.07. The molecule has 0 aromatic heterocycles. The van der Waals surface area contributed by atoms with Crippen molar-refractivity contribution in [1.82, 2.24) is 6.15 Å². The molecule has 1 rings (SSSR count). The summed E-state index contributed by atoms with van der Waals surface area (Å²) in [4.78, 5) is 0. The Labute approximate surface area is 193 Å². The molecule has 4 nitrogen and oxygen atoms in total. The molecule has 0 amide bonds. The number of hydrogen-bond donors (Lipinski definition) is 1. The van der Waals surface area contributed by atoms with E-state index in [4.69, 9.17) is 4.18 Å². The maximum atomic E-state index is 11.9. The van der Waals surface area contributed by atoms with E-state index in [-0.39, 0.29) is 11.9 Å². The molecule has 1 aromatic rings. The summed E-state index contributed by atoms with van der Waals surface area (Å²) in [6.45, 7) is 2.28. The van der Waals surface area contributed by atoms with E-state index in [1.165, 1.54) is 96.3 Å². The fourth-order valence-electron chi connectivity index (χ4n) is 3.84. The van der Waals surface area contributed by atoms with E-state index in [0.717, 1.165) is 12.8 Å². The monoisotopic (exact) mass is 455 g/mol. The SMILES string of the molecule is CCCCCCCCCCCCCCCCCCCCS(=O)(=O)Oc1ccccc1.N. The van der Waals surface area contributed by atoms with Crippen LogP contribution in [0, 0.1) is 0 Å². The molecule has 0 saturated heterocycles. The highest BCUT2D eigenvalue weighted by Crippen LogP contribution is 2.15. The summed E-state index contributed by atoms with van der Waals surface area (Å²) < 4.78 is 29.0. The highest BCUT2D eigenvalue weighted by atomic mass is 32.2. The lowest BCUT2D eigenvalue weighted by Crippen LogP contribution is -2.13. The van der Waals surface area contributed by atoms with Gasteiger partial charge in [0.25, 0.3) is 0 Å². The maximum absolute atomic E-state index is 11.9. The van der Waals surface area contributed by atoms with Gasteiger partial charge in [0.05, 0.1) is 5.75 Å². The van der Waals surface area contributed by atoms with Crippen LogP contribution in [-0.2, 0) is 10.1 Å². The third-order valence-electron chi connectivity index (χ3n) is 5.71. The van der Waals surface area contributed by atoms with E-state index < -0.39 is 10.1 Å². The van der Waals surface area contributed by atoms with E-state index in [0.29, 0.717) is 12.2 Å². The predicted molar refractivity (Wildman–Crippen MR) is 135 cm³/mol. The van der Waals surface area contributed by atoms with E-state index in [1.54, 1.807) is 24.3 Å². The highest BCUT2D eigenvalue weighted by Gasteiger charge is 2.11. The molecule has 3 N–H and O–H groups in total. The van der Waals surface area contributed by atoms with Gasteiger partial charge in [-0.3, -0.25) is 0 Å². The van der Waals surface area contributed by atoms with E-state index >= 15 is 0 Å². The highest BCUT2D eigenvalue weighted by molar-refractivity contribution is 7.87. The van der Waals surface area contributed by atoms with Crippen LogP contribution in [0.3, 0.4) is 0 Å². The number of hydrogen-bond acceptors (Lipinski definition) is 4. The molecular weight excluding hydrogens is 406 g/mol. The van der Waals surface area contributed by atoms with Gasteiger partial charge in [-0.15, -0.1) is 0 Å². The standard InChI is InChI=1S/C26H46O3S.H3N/c1-2-3-4-5-6-7-8-9-10-11-12-13-14-15-16-17-18-22-25-30(27,28)29-26-23-20-19-21-24-26;/h19-21,23-24H,2-18,22,25H2,1H3;1H3. The molecule has 0 heterocycles. The van der Waals surface area contributed by atoms with Crippen LogP contribution in [0.1, 0.15) is 122 Å². The topological polar surface area (TPSA) is 78.4 Å². The van der Waals surface area contributed by atoms with Crippen molar-refractivity contribution in [2.75, 3.05) is 5.75 Å². The zero-order valence-electron chi connectivity index (χ0n) is 20.2. The lowest BCUT2D eigenvalue weighted by molar-refractivity contribution is 0.481. The third-order valence-corrected chi connectivity index (χ3v) is 6.95. The summed E-state index contributed by atoms with van der Waals surface area (Å²) in [5.41, 5.74) is 0. The van der Waals surface area contributed by atoms with Crippen molar-refractivity contribution in [3.63, 3.8) is 0 Å². The zero-order chi connectivity index (χ0) is 21.8. The molecule has 0 unspecified atom stereocenters. The first-order valence-electron chi connectivity index (χ1n) is 12.6. The predicted octanol–water partition coefficient (Wildman–Crippen LogP) is 8.60. The van der Waals surface area contributed by atoms with Crippen molar-refractivity contribution in [2.45, 2.75) is 122 Å². The minimum absolute atomic E-state index is 0. The molecular formula is C26H49NO3S. The second kappa shape index (κ2) is 20.8. The zero-order valence-corrected chi connectivity index (χ0v) is 21.0. The van der Waals surface area contributed by atoms with Gasteiger partial charge in [-0.05, 0) is 18.6 Å². The minimum atomic E-state index is -3.46. The molecule has 0 fully saturated rings. The molecule has 0 aliphatic rings. The number of rotatable bonds is 21. The van der Waals surface area contributed by atoms with E-state index in [9.17, 15) is 8.42 Å². The molecule has 31 heavy (non-hydrogen) atoms. The minimum Gasteiger partial charge on any atom is -0.382 e. The Morgan fingerprint density at radius 1 is 0.581 bits per heavy atom. The Morgan fingerprint density at radius 3 is 1.32 bits per heavy atom. The first kappa shape index (κ1) is 29.9. The van der Waals surface area contributed by atoms with Gasteiger partial charge < -0.3 is 10.3 Å². The lowest BCUT2D eigenvalue weighted by Gasteiger charge is -2.07. The average molecular weight is 456 g/mol. The molecule has 0 aliphatic heterocycles. The van der Waals surface area contributed by atoms with Gasteiger partial charge in [0.2, 0.25) is 0 Å². The van der Waals surface area contributed by atoms with Gasteiger partial charge >= 0.3 is 10.1 Å². The van der Waals surface area contributed by atoms with Crippen LogP contribution in [0.4, 0.5) is 0 Å². The van der Waals surface area contributed by atoms with Crippen molar-refractivity contribution in [3.8, 4) is 5.75 Å². The normalized spacial score (nSPS) is 11.3. The largest absolute Gasteiger partial charge is 0.382 e. The summed E-state index contributed by atoms with van der Waals surface area (Å²) >= 11 is 0. The molecule has 0 bridgehead atoms. The van der Waals surface area contributed by atoms with Gasteiger partial charge in [-0.25, -0.2) is 0 Å². The van der Waals surface area contributed by atoms with Crippen molar-refractivity contribution >= 4 is 10.1 Å². The number of benzene rings is 1. The molecule has 5 heteroatoms. The lowest BCUT2D eigenvalue weighted by atomic mass is 10.0. The van der Waals surface area contributed by atoms with Crippen LogP contribution in [0.25, 0.3) is 0 Å². The Kier molecular flexibility index (Phi) is 20.1. The van der Waals surface area contributed by atoms with Crippen molar-refractivity contribution < 1.29 is 12.6 Å². The van der Waals surface area contributed by atoms with Crippen molar-refractivity contribution in [1.29, 1.82) is 0 Å². The molecule has 0 saturated carbocycles. The van der Waals surface area contributed by atoms with E-state index in [2.05, 4.69) is 6.92 Å². The molecule has 1 aromatic carbocycles. The Morgan fingerprint density at radius 2 is 0.935 bits per heavy atom. The first-order valence-corrected chi connectivity index (χ1v) is 14.2. The Balaban J connectivity index is 0.00000900. The van der Waals surface area contributed by atoms with Crippen LogP contribution in [0.15, 0.2) is 30.3 Å². The molecule has 0 spiro atoms. The van der Waals surface area contributed by atoms with Crippen molar-refractivity contribution in [3.05, 3.63) is 30.3 Å². The first-order chi connectivity index (χ1) is 14.6. The quantitative estimate of drug-likeness (QED) is 0.149. The summed E-state index contributed by atoms with van der Waals surface area (Å²) in [5.74, 6) is 0.514. The second-order valence-electron chi connectivity index (χ2n) is 8.67. The summed E-state index contributed by atoms with van der Waals surface area (Å²) in [7, 11) is -3.46. The van der Waals surface area contributed by atoms with Crippen LogP contribution in [-0.4, -0.2) is 14.2 Å². The fourth-order valence-corrected chi connectivity index (χ4v) is 4.89. The number of unbranched alkanes of at least 4 members (excludes halogenated alkanes) is 17. The van der Waals surface area contributed by atoms with Crippen LogP contribution < -0.4 is 10.3 Å². The molecule has 0 aliphatic carbocycles. The maximum Gasteiger partial charge on any atom is 0.309 e. The average Bonchev–Trinajstić information content (AvgIpc) is 2.73. The van der Waals surface area contributed by atoms with Gasteiger partial charge in [0.15, 0.2) is 0 Å². The van der Waals surface area contributed by atoms with Crippen LogP contribution in [0.5, 0.6) is 5.75 Å². The van der Waals surface area contributed by atoms with Crippen molar-refractivity contribution in [2.24, 2.45) is 0 Å². The summed E-state index contributed by atoms with van der Waals surface area (Å²) in [6, 6.07) is 8.75.